The lowest BCUT2D eigenvalue weighted by Gasteiger charge is -2.05. The summed E-state index contributed by atoms with van der Waals surface area (Å²) in [6.07, 6.45) is 1.88. The van der Waals surface area contributed by atoms with Gasteiger partial charge in [-0.15, -0.1) is 0 Å². The van der Waals surface area contributed by atoms with E-state index in [1.807, 2.05) is 30.3 Å². The number of anilines is 1. The van der Waals surface area contributed by atoms with E-state index in [2.05, 4.69) is 32.8 Å². The van der Waals surface area contributed by atoms with Crippen LogP contribution in [0.3, 0.4) is 0 Å². The smallest absolute Gasteiger partial charge is 0.132 e. The van der Waals surface area contributed by atoms with Crippen molar-refractivity contribution in [2.24, 2.45) is 0 Å². The van der Waals surface area contributed by atoms with Crippen molar-refractivity contribution in [3.63, 3.8) is 0 Å². The second kappa shape index (κ2) is 6.20. The fraction of sp³-hybridized carbons (Fsp3) is 0.231. The molecule has 0 spiro atoms. The Labute approximate surface area is 119 Å². The molecule has 0 saturated heterocycles. The Kier molecular flexibility index (Phi) is 4.60. The monoisotopic (exact) mass is 323 g/mol. The number of benzene rings is 1. The highest BCUT2D eigenvalue weighted by Crippen LogP contribution is 2.28. The van der Waals surface area contributed by atoms with Gasteiger partial charge in [0.1, 0.15) is 16.7 Å². The highest BCUT2D eigenvalue weighted by molar-refractivity contribution is 9.10. The largest absolute Gasteiger partial charge is 0.384 e. The van der Waals surface area contributed by atoms with Crippen LogP contribution in [0.15, 0.2) is 44.7 Å². The molecule has 0 aliphatic carbocycles. The van der Waals surface area contributed by atoms with Gasteiger partial charge in [-0.25, -0.2) is 9.97 Å². The molecule has 2 rings (SSSR count). The first-order valence-corrected chi connectivity index (χ1v) is 7.35. The van der Waals surface area contributed by atoms with E-state index in [0.717, 1.165) is 33.1 Å². The average Bonchev–Trinajstić information content (AvgIpc) is 2.32. The Morgan fingerprint density at radius 1 is 1.22 bits per heavy atom. The lowest BCUT2D eigenvalue weighted by atomic mass is 10.3. The number of aryl methyl sites for hydroxylation is 1. The van der Waals surface area contributed by atoms with E-state index in [9.17, 15) is 0 Å². The van der Waals surface area contributed by atoms with Crippen molar-refractivity contribution in [2.75, 3.05) is 5.73 Å². The molecule has 0 saturated carbocycles. The van der Waals surface area contributed by atoms with Gasteiger partial charge < -0.3 is 5.73 Å². The van der Waals surface area contributed by atoms with Crippen LogP contribution in [0.4, 0.5) is 5.82 Å². The predicted molar refractivity (Wildman–Crippen MR) is 78.7 cm³/mol. The summed E-state index contributed by atoms with van der Waals surface area (Å²) >= 11 is 5.02. The number of halogens is 1. The summed E-state index contributed by atoms with van der Waals surface area (Å²) in [4.78, 5) is 9.86. The molecular weight excluding hydrogens is 310 g/mol. The first kappa shape index (κ1) is 13.4. The van der Waals surface area contributed by atoms with Crippen LogP contribution in [0.1, 0.15) is 19.2 Å². The molecule has 0 atom stereocenters. The number of nitrogen functional groups attached to an aromatic ring is 1. The van der Waals surface area contributed by atoms with E-state index >= 15 is 0 Å². The van der Waals surface area contributed by atoms with E-state index in [0.29, 0.717) is 5.82 Å². The van der Waals surface area contributed by atoms with Crippen molar-refractivity contribution in [3.05, 3.63) is 40.6 Å². The third kappa shape index (κ3) is 3.71. The molecule has 0 amide bonds. The molecule has 0 bridgehead atoms. The molecule has 94 valence electrons. The minimum atomic E-state index is 0.535. The average molecular weight is 324 g/mol. The first-order valence-electron chi connectivity index (χ1n) is 5.74. The number of rotatable bonds is 4. The van der Waals surface area contributed by atoms with Gasteiger partial charge in [-0.05, 0) is 30.7 Å². The van der Waals surface area contributed by atoms with Gasteiger partial charge in [-0.1, -0.05) is 34.6 Å². The van der Waals surface area contributed by atoms with Crippen LogP contribution in [0.5, 0.6) is 0 Å². The van der Waals surface area contributed by atoms with Gasteiger partial charge in [-0.2, -0.15) is 0 Å². The third-order valence-corrected chi connectivity index (χ3v) is 3.73. The summed E-state index contributed by atoms with van der Waals surface area (Å²) in [5.74, 6) is 1.35. The SMILES string of the molecule is CCCc1nc(N)cc(Sc2ccc(Br)cc2)n1. The van der Waals surface area contributed by atoms with Crippen LogP contribution in [0.25, 0.3) is 0 Å². The number of aromatic nitrogens is 2. The number of nitrogens with two attached hydrogens (primary N) is 1. The normalized spacial score (nSPS) is 10.6. The van der Waals surface area contributed by atoms with Crippen LogP contribution < -0.4 is 5.73 Å². The van der Waals surface area contributed by atoms with Crippen molar-refractivity contribution in [2.45, 2.75) is 29.7 Å². The molecule has 2 aromatic rings. The van der Waals surface area contributed by atoms with Crippen molar-refractivity contribution in [1.29, 1.82) is 0 Å². The molecule has 0 fully saturated rings. The van der Waals surface area contributed by atoms with Gasteiger partial charge in [0.25, 0.3) is 0 Å². The van der Waals surface area contributed by atoms with E-state index < -0.39 is 0 Å². The Morgan fingerprint density at radius 3 is 2.61 bits per heavy atom. The maximum absolute atomic E-state index is 5.80. The topological polar surface area (TPSA) is 51.8 Å². The van der Waals surface area contributed by atoms with Crippen LogP contribution >= 0.6 is 27.7 Å². The van der Waals surface area contributed by atoms with E-state index in [4.69, 9.17) is 5.73 Å². The zero-order chi connectivity index (χ0) is 13.0. The fourth-order valence-electron chi connectivity index (χ4n) is 1.50. The van der Waals surface area contributed by atoms with E-state index in [-0.39, 0.29) is 0 Å². The standard InChI is InChI=1S/C13H14BrN3S/c1-2-3-12-16-11(15)8-13(17-12)18-10-6-4-9(14)5-7-10/h4-8H,2-3H2,1H3,(H2,15,16,17). The Hall–Kier alpha value is -1.07. The molecule has 3 nitrogen and oxygen atoms in total. The number of hydrogen-bond acceptors (Lipinski definition) is 4. The first-order chi connectivity index (χ1) is 8.67. The van der Waals surface area contributed by atoms with Gasteiger partial charge in [0, 0.05) is 21.9 Å². The summed E-state index contributed by atoms with van der Waals surface area (Å²) in [6, 6.07) is 9.94. The maximum Gasteiger partial charge on any atom is 0.132 e. The molecule has 18 heavy (non-hydrogen) atoms. The van der Waals surface area contributed by atoms with Gasteiger partial charge in [0.05, 0.1) is 0 Å². The van der Waals surface area contributed by atoms with Crippen molar-refractivity contribution in [3.8, 4) is 0 Å². The van der Waals surface area contributed by atoms with Crippen LogP contribution in [-0.2, 0) is 6.42 Å². The summed E-state index contributed by atoms with van der Waals surface area (Å²) in [5, 5.41) is 0.897. The maximum atomic E-state index is 5.80. The Bertz CT molecular complexity index is 528. The Morgan fingerprint density at radius 2 is 1.94 bits per heavy atom. The van der Waals surface area contributed by atoms with Crippen LogP contribution in [0, 0.1) is 0 Å². The minimum absolute atomic E-state index is 0.535. The molecule has 1 aromatic carbocycles. The third-order valence-electron chi connectivity index (χ3n) is 2.28. The van der Waals surface area contributed by atoms with Gasteiger partial charge >= 0.3 is 0 Å². The summed E-state index contributed by atoms with van der Waals surface area (Å²) < 4.78 is 1.07. The molecule has 0 aliphatic heterocycles. The molecule has 0 unspecified atom stereocenters. The second-order valence-electron chi connectivity index (χ2n) is 3.85. The van der Waals surface area contributed by atoms with E-state index in [1.54, 1.807) is 11.8 Å². The number of hydrogen-bond donors (Lipinski definition) is 1. The zero-order valence-electron chi connectivity index (χ0n) is 10.1. The Balaban J connectivity index is 2.20. The fourth-order valence-corrected chi connectivity index (χ4v) is 2.61. The molecule has 1 heterocycles. The van der Waals surface area contributed by atoms with Crippen LogP contribution in [-0.4, -0.2) is 9.97 Å². The van der Waals surface area contributed by atoms with Gasteiger partial charge in [0.15, 0.2) is 0 Å². The minimum Gasteiger partial charge on any atom is -0.384 e. The summed E-state index contributed by atoms with van der Waals surface area (Å²) in [6.45, 7) is 2.11. The predicted octanol–water partition coefficient (Wildman–Crippen LogP) is 3.93. The molecule has 1 aromatic heterocycles. The molecule has 5 heteroatoms. The second-order valence-corrected chi connectivity index (χ2v) is 5.86. The lowest BCUT2D eigenvalue weighted by molar-refractivity contribution is 0.813. The molecule has 0 radical (unpaired) electrons. The number of nitrogens with zero attached hydrogens (tertiary/aromatic N) is 2. The zero-order valence-corrected chi connectivity index (χ0v) is 12.5. The van der Waals surface area contributed by atoms with Crippen LogP contribution in [0.2, 0.25) is 0 Å². The highest BCUT2D eigenvalue weighted by atomic mass is 79.9. The lowest BCUT2D eigenvalue weighted by Crippen LogP contribution is -2.00. The molecule has 2 N–H and O–H groups in total. The van der Waals surface area contributed by atoms with Crippen molar-refractivity contribution in [1.82, 2.24) is 9.97 Å². The highest BCUT2D eigenvalue weighted by Gasteiger charge is 2.04. The van der Waals surface area contributed by atoms with Crippen molar-refractivity contribution >= 4 is 33.5 Å². The van der Waals surface area contributed by atoms with E-state index in [1.165, 1.54) is 0 Å². The summed E-state index contributed by atoms with van der Waals surface area (Å²) in [7, 11) is 0. The summed E-state index contributed by atoms with van der Waals surface area (Å²) in [5.41, 5.74) is 5.80. The van der Waals surface area contributed by atoms with Gasteiger partial charge in [0.2, 0.25) is 0 Å². The molecule has 0 aliphatic rings. The van der Waals surface area contributed by atoms with Gasteiger partial charge in [-0.3, -0.25) is 0 Å². The quantitative estimate of drug-likeness (QED) is 0.866. The molecular formula is C13H14BrN3S. The van der Waals surface area contributed by atoms with Crippen molar-refractivity contribution < 1.29 is 0 Å².